The minimum Gasteiger partial charge on any atom is -0.496 e. The first-order chi connectivity index (χ1) is 17.6. The summed E-state index contributed by atoms with van der Waals surface area (Å²) in [6.07, 6.45) is 5.46. The third-order valence-corrected chi connectivity index (χ3v) is 8.11. The van der Waals surface area contributed by atoms with E-state index in [9.17, 15) is 22.4 Å². The molecule has 2 heterocycles. The van der Waals surface area contributed by atoms with Gasteiger partial charge in [-0.3, -0.25) is 14.4 Å². The van der Waals surface area contributed by atoms with Crippen molar-refractivity contribution in [1.82, 2.24) is 9.62 Å². The number of hydrogen-bond donors (Lipinski definition) is 1. The SMILES string of the molecule is COc1cc(F)c(C(=O)NSC)cc1C1CC1.FC(F)(F)c1ccc(Cl)c(CN2[C@@H]3CCC[C@H]2CC3)c1. The van der Waals surface area contributed by atoms with Crippen LogP contribution in [0.3, 0.4) is 0 Å². The van der Waals surface area contributed by atoms with Gasteiger partial charge >= 0.3 is 6.18 Å². The lowest BCUT2D eigenvalue weighted by Gasteiger charge is -2.35. The fraction of sp³-hybridized carbons (Fsp3) is 0.519. The molecule has 0 unspecified atom stereocenters. The van der Waals surface area contributed by atoms with Crippen molar-refractivity contribution in [2.24, 2.45) is 0 Å². The van der Waals surface area contributed by atoms with E-state index in [1.165, 1.54) is 44.6 Å². The Bertz CT molecular complexity index is 1110. The van der Waals surface area contributed by atoms with Crippen LogP contribution in [0, 0.1) is 5.82 Å². The van der Waals surface area contributed by atoms with Gasteiger partial charge in [-0.15, -0.1) is 0 Å². The number of ether oxygens (including phenoxy) is 1. The van der Waals surface area contributed by atoms with Gasteiger partial charge in [0.05, 0.1) is 18.2 Å². The van der Waals surface area contributed by atoms with Crippen LogP contribution in [0.4, 0.5) is 17.6 Å². The standard InChI is InChI=1S/C15H17ClF3N.C12H14FNO2S/c16-14-7-4-11(15(17,18)19)8-10(14)9-20-12-2-1-3-13(20)6-5-12;1-16-11-6-10(13)9(12(15)14-17-2)5-8(11)7-3-4-7/h4,7-8,12-13H,1-3,5-6,9H2;5-7H,3-4H2,1-2H3,(H,14,15)/t12-,13+;. The van der Waals surface area contributed by atoms with Crippen LogP contribution in [0.1, 0.15) is 77.9 Å². The molecule has 2 atom stereocenters. The maximum Gasteiger partial charge on any atom is 0.416 e. The second-order valence-electron chi connectivity index (χ2n) is 9.78. The number of hydrogen-bond acceptors (Lipinski definition) is 4. The van der Waals surface area contributed by atoms with Crippen LogP contribution >= 0.6 is 23.5 Å². The number of amides is 1. The molecule has 2 aromatic carbocycles. The van der Waals surface area contributed by atoms with Gasteiger partial charge in [-0.1, -0.05) is 30.0 Å². The number of benzene rings is 2. The zero-order chi connectivity index (χ0) is 26.7. The Hall–Kier alpha value is -1.97. The van der Waals surface area contributed by atoms with E-state index in [2.05, 4.69) is 9.62 Å². The van der Waals surface area contributed by atoms with Crippen molar-refractivity contribution in [3.8, 4) is 5.75 Å². The quantitative estimate of drug-likeness (QED) is 0.293. The third kappa shape index (κ3) is 6.73. The first-order valence-corrected chi connectivity index (χ1v) is 14.0. The smallest absolute Gasteiger partial charge is 0.416 e. The van der Waals surface area contributed by atoms with Crippen LogP contribution in [-0.2, 0) is 12.7 Å². The largest absolute Gasteiger partial charge is 0.496 e. The summed E-state index contributed by atoms with van der Waals surface area (Å²) in [5.41, 5.74) is 1.00. The molecule has 2 saturated heterocycles. The number of nitrogens with one attached hydrogen (secondary N) is 1. The molecular weight excluding hydrogens is 528 g/mol. The fourth-order valence-corrected chi connectivity index (χ4v) is 5.81. The predicted molar refractivity (Wildman–Crippen MR) is 139 cm³/mol. The zero-order valence-electron chi connectivity index (χ0n) is 20.8. The van der Waals surface area contributed by atoms with Gasteiger partial charge in [0.25, 0.3) is 5.91 Å². The van der Waals surface area contributed by atoms with Gasteiger partial charge in [-0.05, 0) is 79.8 Å². The van der Waals surface area contributed by atoms with E-state index in [1.54, 1.807) is 12.3 Å². The minimum absolute atomic E-state index is 0.0852. The van der Waals surface area contributed by atoms with Crippen LogP contribution in [0.2, 0.25) is 5.02 Å². The Labute approximate surface area is 224 Å². The lowest BCUT2D eigenvalue weighted by Crippen LogP contribution is -2.39. The van der Waals surface area contributed by atoms with Gasteiger partial charge in [0.1, 0.15) is 11.6 Å². The molecule has 1 saturated carbocycles. The van der Waals surface area contributed by atoms with E-state index in [-0.39, 0.29) is 5.56 Å². The summed E-state index contributed by atoms with van der Waals surface area (Å²) in [6, 6.07) is 7.58. The molecule has 1 amide bonds. The minimum atomic E-state index is -4.31. The van der Waals surface area contributed by atoms with Crippen molar-refractivity contribution in [3.05, 3.63) is 63.4 Å². The molecule has 202 valence electrons. The molecule has 3 aliphatic rings. The molecule has 37 heavy (non-hydrogen) atoms. The van der Waals surface area contributed by atoms with Crippen LogP contribution in [0.5, 0.6) is 5.75 Å². The molecule has 1 N–H and O–H groups in total. The van der Waals surface area contributed by atoms with Crippen molar-refractivity contribution in [2.45, 2.75) is 75.7 Å². The maximum absolute atomic E-state index is 13.7. The molecule has 1 aliphatic carbocycles. The topological polar surface area (TPSA) is 41.6 Å². The molecule has 0 radical (unpaired) electrons. The van der Waals surface area contributed by atoms with Gasteiger partial charge in [-0.25, -0.2) is 4.39 Å². The average Bonchev–Trinajstić information content (AvgIpc) is 3.67. The number of rotatable bonds is 6. The van der Waals surface area contributed by atoms with E-state index in [4.69, 9.17) is 16.3 Å². The van der Waals surface area contributed by atoms with Crippen molar-refractivity contribution in [1.29, 1.82) is 0 Å². The van der Waals surface area contributed by atoms with Crippen LogP contribution in [0.15, 0.2) is 30.3 Å². The summed E-state index contributed by atoms with van der Waals surface area (Å²) >= 11 is 7.24. The van der Waals surface area contributed by atoms with Gasteiger partial charge < -0.3 is 4.74 Å². The summed E-state index contributed by atoms with van der Waals surface area (Å²) < 4.78 is 59.8. The summed E-state index contributed by atoms with van der Waals surface area (Å²) in [6.45, 7) is 0.540. The summed E-state index contributed by atoms with van der Waals surface area (Å²) in [5, 5.41) is 0.433. The highest BCUT2D eigenvalue weighted by Crippen LogP contribution is 2.45. The number of piperidine rings is 1. The molecule has 0 spiro atoms. The van der Waals surface area contributed by atoms with E-state index in [0.717, 1.165) is 49.3 Å². The number of halogens is 5. The van der Waals surface area contributed by atoms with Gasteiger partial charge in [0.2, 0.25) is 0 Å². The molecule has 2 aromatic rings. The highest BCUT2D eigenvalue weighted by molar-refractivity contribution is 7.97. The van der Waals surface area contributed by atoms with E-state index >= 15 is 0 Å². The van der Waals surface area contributed by atoms with Gasteiger partial charge in [-0.2, -0.15) is 13.2 Å². The van der Waals surface area contributed by atoms with E-state index in [1.807, 2.05) is 0 Å². The highest BCUT2D eigenvalue weighted by Gasteiger charge is 2.37. The highest BCUT2D eigenvalue weighted by atomic mass is 35.5. The number of carbonyl (C=O) groups excluding carboxylic acids is 1. The average molecular weight is 559 g/mol. The molecular formula is C27H31ClF4N2O2S. The number of fused-ring (bicyclic) bond motifs is 2. The Kier molecular flexibility index (Phi) is 8.96. The van der Waals surface area contributed by atoms with Crippen molar-refractivity contribution in [3.63, 3.8) is 0 Å². The lowest BCUT2D eigenvalue weighted by molar-refractivity contribution is -0.137. The van der Waals surface area contributed by atoms with E-state index in [0.29, 0.717) is 40.9 Å². The monoisotopic (exact) mass is 558 g/mol. The van der Waals surface area contributed by atoms with Crippen LogP contribution in [0.25, 0.3) is 0 Å². The summed E-state index contributed by atoms with van der Waals surface area (Å²) in [5.74, 6) is -0.00515. The first-order valence-electron chi connectivity index (χ1n) is 12.4. The number of methoxy groups -OCH3 is 1. The Morgan fingerprint density at radius 3 is 2.35 bits per heavy atom. The van der Waals surface area contributed by atoms with Gasteiger partial charge in [0, 0.05) is 36.0 Å². The summed E-state index contributed by atoms with van der Waals surface area (Å²) in [4.78, 5) is 14.0. The van der Waals surface area contributed by atoms with Crippen LogP contribution < -0.4 is 9.46 Å². The van der Waals surface area contributed by atoms with Crippen molar-refractivity contribution < 1.29 is 27.1 Å². The van der Waals surface area contributed by atoms with Crippen molar-refractivity contribution in [2.75, 3.05) is 13.4 Å². The Morgan fingerprint density at radius 1 is 1.11 bits per heavy atom. The second-order valence-corrected chi connectivity index (χ2v) is 10.8. The molecule has 4 nitrogen and oxygen atoms in total. The third-order valence-electron chi connectivity index (χ3n) is 7.35. The number of nitrogens with zero attached hydrogens (tertiary/aromatic N) is 1. The molecule has 0 aromatic heterocycles. The maximum atomic E-state index is 13.7. The van der Waals surface area contributed by atoms with E-state index < -0.39 is 23.5 Å². The lowest BCUT2D eigenvalue weighted by atomic mass is 10.0. The molecule has 2 bridgehead atoms. The zero-order valence-corrected chi connectivity index (χ0v) is 22.4. The Balaban J connectivity index is 0.000000176. The second kappa shape index (κ2) is 11.8. The normalized spacial score (nSPS) is 21.3. The van der Waals surface area contributed by atoms with Crippen LogP contribution in [-0.4, -0.2) is 36.3 Å². The molecule has 3 fully saturated rings. The first kappa shape index (κ1) is 28.0. The fourth-order valence-electron chi connectivity index (χ4n) is 5.33. The molecule has 10 heteroatoms. The van der Waals surface area contributed by atoms with Gasteiger partial charge in [0.15, 0.2) is 0 Å². The predicted octanol–water partition coefficient (Wildman–Crippen LogP) is 7.60. The number of carbonyl (C=O) groups is 1. The summed E-state index contributed by atoms with van der Waals surface area (Å²) in [7, 11) is 1.52. The number of alkyl halides is 3. The Morgan fingerprint density at radius 2 is 1.78 bits per heavy atom. The molecule has 2 aliphatic heterocycles. The van der Waals surface area contributed by atoms with Crippen molar-refractivity contribution >= 4 is 29.5 Å². The molecule has 5 rings (SSSR count).